The van der Waals surface area contributed by atoms with E-state index in [-0.39, 0.29) is 11.3 Å². The van der Waals surface area contributed by atoms with E-state index in [1.54, 1.807) is 13.2 Å². The number of benzene rings is 1. The monoisotopic (exact) mass is 275 g/mol. The van der Waals surface area contributed by atoms with Gasteiger partial charge < -0.3 is 10.1 Å². The van der Waals surface area contributed by atoms with Crippen molar-refractivity contribution in [3.63, 3.8) is 0 Å². The van der Waals surface area contributed by atoms with Gasteiger partial charge in [-0.3, -0.25) is 4.79 Å². The summed E-state index contributed by atoms with van der Waals surface area (Å²) in [5, 5.41) is 2.82. The summed E-state index contributed by atoms with van der Waals surface area (Å²) in [6.45, 7) is 7.86. The summed E-state index contributed by atoms with van der Waals surface area (Å²) in [6.07, 6.45) is 4.23. The molecule has 1 aromatic rings. The Morgan fingerprint density at radius 2 is 1.90 bits per heavy atom. The van der Waals surface area contributed by atoms with Crippen molar-refractivity contribution < 1.29 is 9.53 Å². The molecule has 0 saturated carbocycles. The molecule has 110 valence electrons. The minimum atomic E-state index is -0.0685. The molecule has 0 atom stereocenters. The van der Waals surface area contributed by atoms with Crippen LogP contribution in [0, 0.1) is 0 Å². The Kier molecular flexibility index (Phi) is 6.46. The first-order valence-corrected chi connectivity index (χ1v) is 6.99. The van der Waals surface area contributed by atoms with Crippen LogP contribution in [0.2, 0.25) is 0 Å². The summed E-state index contributed by atoms with van der Waals surface area (Å²) >= 11 is 0. The zero-order valence-electron chi connectivity index (χ0n) is 12.9. The zero-order valence-corrected chi connectivity index (χ0v) is 12.9. The van der Waals surface area contributed by atoms with Crippen molar-refractivity contribution in [2.45, 2.75) is 32.6 Å². The quantitative estimate of drug-likeness (QED) is 0.640. The van der Waals surface area contributed by atoms with Crippen LogP contribution in [0.5, 0.6) is 0 Å². The molecule has 0 bridgehead atoms. The number of hydrogen-bond donors (Lipinski definition) is 1. The summed E-state index contributed by atoms with van der Waals surface area (Å²) in [5.41, 5.74) is 2.48. The highest BCUT2D eigenvalue weighted by Crippen LogP contribution is 2.22. The molecule has 0 aliphatic heterocycles. The molecule has 3 nitrogen and oxygen atoms in total. The molecule has 0 saturated heterocycles. The van der Waals surface area contributed by atoms with E-state index in [0.717, 1.165) is 12.0 Å². The van der Waals surface area contributed by atoms with E-state index in [1.165, 1.54) is 5.56 Å². The fourth-order valence-electron chi connectivity index (χ4n) is 1.75. The molecule has 0 aliphatic carbocycles. The molecule has 0 aromatic heterocycles. The van der Waals surface area contributed by atoms with Crippen LogP contribution in [0.25, 0.3) is 6.08 Å². The van der Waals surface area contributed by atoms with Gasteiger partial charge in [0.25, 0.3) is 0 Å². The predicted octanol–water partition coefficient (Wildman–Crippen LogP) is 3.15. The maximum atomic E-state index is 11.6. The van der Waals surface area contributed by atoms with Crippen molar-refractivity contribution in [2.24, 2.45) is 0 Å². The summed E-state index contributed by atoms with van der Waals surface area (Å²) < 4.78 is 4.92. The molecule has 0 spiro atoms. The Bertz CT molecular complexity index is 441. The number of methoxy groups -OCH3 is 1. The molecule has 0 fully saturated rings. The third-order valence-electron chi connectivity index (χ3n) is 3.03. The largest absolute Gasteiger partial charge is 0.385 e. The van der Waals surface area contributed by atoms with E-state index in [1.807, 2.05) is 18.2 Å². The van der Waals surface area contributed by atoms with Crippen LogP contribution >= 0.6 is 0 Å². The SMILES string of the molecule is COCCCNC(=O)/C=C/c1ccc(C(C)(C)C)cc1. The Morgan fingerprint density at radius 1 is 1.25 bits per heavy atom. The molecule has 1 N–H and O–H groups in total. The summed E-state index contributed by atoms with van der Waals surface area (Å²) in [6, 6.07) is 8.29. The highest BCUT2D eigenvalue weighted by atomic mass is 16.5. The van der Waals surface area contributed by atoms with Crippen LogP contribution in [-0.4, -0.2) is 26.2 Å². The first-order chi connectivity index (χ1) is 9.43. The lowest BCUT2D eigenvalue weighted by Gasteiger charge is -2.18. The number of amides is 1. The average Bonchev–Trinajstić information content (AvgIpc) is 2.41. The van der Waals surface area contributed by atoms with Gasteiger partial charge in [0.05, 0.1) is 0 Å². The van der Waals surface area contributed by atoms with E-state index in [0.29, 0.717) is 13.2 Å². The number of carbonyl (C=O) groups is 1. The highest BCUT2D eigenvalue weighted by molar-refractivity contribution is 5.91. The fraction of sp³-hybridized carbons (Fsp3) is 0.471. The van der Waals surface area contributed by atoms with Crippen molar-refractivity contribution >= 4 is 12.0 Å². The van der Waals surface area contributed by atoms with Crippen LogP contribution < -0.4 is 5.32 Å². The molecule has 3 heteroatoms. The van der Waals surface area contributed by atoms with Gasteiger partial charge in [-0.1, -0.05) is 45.0 Å². The maximum Gasteiger partial charge on any atom is 0.244 e. The van der Waals surface area contributed by atoms with E-state index in [9.17, 15) is 4.79 Å². The Morgan fingerprint density at radius 3 is 2.45 bits per heavy atom. The van der Waals surface area contributed by atoms with Gasteiger partial charge in [-0.05, 0) is 29.0 Å². The molecule has 0 unspecified atom stereocenters. The molecule has 1 rings (SSSR count). The van der Waals surface area contributed by atoms with Crippen LogP contribution in [0.4, 0.5) is 0 Å². The normalized spacial score (nSPS) is 11.8. The van der Waals surface area contributed by atoms with E-state index >= 15 is 0 Å². The standard InChI is InChI=1S/C17H25NO2/c1-17(2,3)15-9-6-14(7-10-15)8-11-16(19)18-12-5-13-20-4/h6-11H,5,12-13H2,1-4H3,(H,18,19)/b11-8+. The lowest BCUT2D eigenvalue weighted by atomic mass is 9.87. The van der Waals surface area contributed by atoms with Gasteiger partial charge in [0.2, 0.25) is 5.91 Å². The number of rotatable bonds is 6. The first-order valence-electron chi connectivity index (χ1n) is 6.99. The van der Waals surface area contributed by atoms with Crippen molar-refractivity contribution in [3.05, 3.63) is 41.5 Å². The zero-order chi connectivity index (χ0) is 15.0. The summed E-state index contributed by atoms with van der Waals surface area (Å²) in [4.78, 5) is 11.6. The Labute approximate surface area is 122 Å². The van der Waals surface area contributed by atoms with Gasteiger partial charge in [0, 0.05) is 26.3 Å². The first kappa shape index (κ1) is 16.4. The Balaban J connectivity index is 2.47. The van der Waals surface area contributed by atoms with Gasteiger partial charge in [-0.15, -0.1) is 0 Å². The molecule has 0 aliphatic rings. The Hall–Kier alpha value is -1.61. The molecular weight excluding hydrogens is 250 g/mol. The molecule has 20 heavy (non-hydrogen) atoms. The minimum Gasteiger partial charge on any atom is -0.385 e. The molecule has 0 radical (unpaired) electrons. The van der Waals surface area contributed by atoms with Gasteiger partial charge >= 0.3 is 0 Å². The third-order valence-corrected chi connectivity index (χ3v) is 3.03. The molecular formula is C17H25NO2. The van der Waals surface area contributed by atoms with Crippen LogP contribution in [0.1, 0.15) is 38.3 Å². The summed E-state index contributed by atoms with van der Waals surface area (Å²) in [7, 11) is 1.66. The number of carbonyl (C=O) groups excluding carboxylic acids is 1. The fourth-order valence-corrected chi connectivity index (χ4v) is 1.75. The highest BCUT2D eigenvalue weighted by Gasteiger charge is 2.12. The maximum absolute atomic E-state index is 11.6. The second kappa shape index (κ2) is 7.85. The van der Waals surface area contributed by atoms with Crippen LogP contribution in [-0.2, 0) is 14.9 Å². The van der Waals surface area contributed by atoms with Crippen LogP contribution in [0.3, 0.4) is 0 Å². The van der Waals surface area contributed by atoms with Crippen molar-refractivity contribution in [3.8, 4) is 0 Å². The smallest absolute Gasteiger partial charge is 0.244 e. The summed E-state index contributed by atoms with van der Waals surface area (Å²) in [5.74, 6) is -0.0685. The van der Waals surface area contributed by atoms with Gasteiger partial charge in [0.15, 0.2) is 0 Å². The topological polar surface area (TPSA) is 38.3 Å². The van der Waals surface area contributed by atoms with E-state index in [4.69, 9.17) is 4.74 Å². The number of hydrogen-bond acceptors (Lipinski definition) is 2. The third kappa shape index (κ3) is 6.02. The van der Waals surface area contributed by atoms with Gasteiger partial charge in [0.1, 0.15) is 0 Å². The number of ether oxygens (including phenoxy) is 1. The lowest BCUT2D eigenvalue weighted by Crippen LogP contribution is -2.22. The average molecular weight is 275 g/mol. The van der Waals surface area contributed by atoms with E-state index < -0.39 is 0 Å². The van der Waals surface area contributed by atoms with Gasteiger partial charge in [-0.2, -0.15) is 0 Å². The van der Waals surface area contributed by atoms with E-state index in [2.05, 4.69) is 38.2 Å². The predicted molar refractivity (Wildman–Crippen MR) is 83.7 cm³/mol. The van der Waals surface area contributed by atoms with Gasteiger partial charge in [-0.25, -0.2) is 0 Å². The second-order valence-electron chi connectivity index (χ2n) is 5.84. The molecule has 1 amide bonds. The number of nitrogens with one attached hydrogen (secondary N) is 1. The molecule has 1 aromatic carbocycles. The van der Waals surface area contributed by atoms with Crippen molar-refractivity contribution in [1.82, 2.24) is 5.32 Å². The van der Waals surface area contributed by atoms with Crippen LogP contribution in [0.15, 0.2) is 30.3 Å². The van der Waals surface area contributed by atoms with Crippen molar-refractivity contribution in [1.29, 1.82) is 0 Å². The lowest BCUT2D eigenvalue weighted by molar-refractivity contribution is -0.116. The second-order valence-corrected chi connectivity index (χ2v) is 5.84. The van der Waals surface area contributed by atoms with Crippen molar-refractivity contribution in [2.75, 3.05) is 20.3 Å². The minimum absolute atomic E-state index is 0.0685. The molecule has 0 heterocycles.